The van der Waals surface area contributed by atoms with Crippen LogP contribution in [0.5, 0.6) is 0 Å². The van der Waals surface area contributed by atoms with Gasteiger partial charge in [0.2, 0.25) is 5.91 Å². The molecule has 1 aliphatic carbocycles. The van der Waals surface area contributed by atoms with E-state index in [9.17, 15) is 9.90 Å². The van der Waals surface area contributed by atoms with E-state index >= 15 is 0 Å². The number of nitrogens with one attached hydrogen (secondary N) is 1. The van der Waals surface area contributed by atoms with Crippen LogP contribution in [0.3, 0.4) is 0 Å². The number of piperazine rings is 1. The zero-order valence-electron chi connectivity index (χ0n) is 17.6. The van der Waals surface area contributed by atoms with E-state index in [-0.39, 0.29) is 23.8 Å². The lowest BCUT2D eigenvalue weighted by Crippen LogP contribution is -2.52. The minimum atomic E-state index is -0.507. The minimum Gasteiger partial charge on any atom is -0.387 e. The molecule has 9 heteroatoms. The Morgan fingerprint density at radius 2 is 2.10 bits per heavy atom. The zero-order valence-corrected chi connectivity index (χ0v) is 19.2. The molecule has 31 heavy (non-hydrogen) atoms. The van der Waals surface area contributed by atoms with Gasteiger partial charge in [-0.2, -0.15) is 0 Å². The van der Waals surface area contributed by atoms with Gasteiger partial charge in [-0.05, 0) is 43.9 Å². The minimum absolute atomic E-state index is 0.174. The molecule has 4 heterocycles. The van der Waals surface area contributed by atoms with Gasteiger partial charge in [0.25, 0.3) is 0 Å². The first-order chi connectivity index (χ1) is 15.0. The van der Waals surface area contributed by atoms with E-state index in [4.69, 9.17) is 11.6 Å². The van der Waals surface area contributed by atoms with Crippen LogP contribution in [0.25, 0.3) is 0 Å². The normalized spacial score (nSPS) is 26.9. The molecule has 0 spiro atoms. The van der Waals surface area contributed by atoms with E-state index in [0.29, 0.717) is 19.5 Å². The van der Waals surface area contributed by atoms with Gasteiger partial charge in [-0.1, -0.05) is 18.5 Å². The zero-order chi connectivity index (χ0) is 21.5. The van der Waals surface area contributed by atoms with Crippen LogP contribution < -0.4 is 10.2 Å². The number of nitrogens with zero attached hydrogens (tertiary/aromatic N) is 4. The Balaban J connectivity index is 1.32. The Bertz CT molecular complexity index is 955. The lowest BCUT2D eigenvalue weighted by atomic mass is 9.94. The number of aliphatic hydroxyl groups excluding tert-OH is 1. The van der Waals surface area contributed by atoms with Crippen molar-refractivity contribution in [2.75, 3.05) is 37.6 Å². The molecule has 2 N–H and O–H groups in total. The van der Waals surface area contributed by atoms with Gasteiger partial charge in [-0.15, -0.1) is 11.3 Å². The van der Waals surface area contributed by atoms with Crippen molar-refractivity contribution in [2.24, 2.45) is 0 Å². The number of halogens is 1. The maximum atomic E-state index is 13.6. The number of fused-ring (bicyclic) bond motifs is 1. The first kappa shape index (κ1) is 21.1. The summed E-state index contributed by atoms with van der Waals surface area (Å²) in [6.45, 7) is 5.87. The number of carbonyl (C=O) groups is 1. The standard InChI is InChI=1S/C22H28ClN5O2S/c1-13-11-15(29)20-18(13)21(26-12-25-20)27-7-9-28(10-8-27)22(30)19(14-3-2-6-24-14)16-4-5-17(23)31-16/h4-5,12-15,19,24,29H,2-3,6-11H2,1H3/t13-,14+,15-,19-/m1/s1. The van der Waals surface area contributed by atoms with Crippen LogP contribution in [-0.4, -0.2) is 64.6 Å². The van der Waals surface area contributed by atoms with Crippen molar-refractivity contribution in [3.8, 4) is 0 Å². The van der Waals surface area contributed by atoms with Gasteiger partial charge in [0.1, 0.15) is 12.1 Å². The van der Waals surface area contributed by atoms with Crippen LogP contribution in [-0.2, 0) is 4.79 Å². The van der Waals surface area contributed by atoms with Crippen LogP contribution >= 0.6 is 22.9 Å². The molecule has 0 aromatic carbocycles. The van der Waals surface area contributed by atoms with E-state index < -0.39 is 6.10 Å². The smallest absolute Gasteiger partial charge is 0.232 e. The summed E-state index contributed by atoms with van der Waals surface area (Å²) >= 11 is 7.71. The van der Waals surface area contributed by atoms with E-state index in [1.54, 1.807) is 6.33 Å². The van der Waals surface area contributed by atoms with Crippen LogP contribution in [0.4, 0.5) is 5.82 Å². The van der Waals surface area contributed by atoms with Crippen molar-refractivity contribution in [3.63, 3.8) is 0 Å². The molecule has 0 unspecified atom stereocenters. The molecule has 1 amide bonds. The molecule has 0 bridgehead atoms. The second kappa shape index (κ2) is 8.65. The molecule has 2 aromatic heterocycles. The van der Waals surface area contributed by atoms with Gasteiger partial charge >= 0.3 is 0 Å². The molecular formula is C22H28ClN5O2S. The fraction of sp³-hybridized carbons (Fsp3) is 0.591. The van der Waals surface area contributed by atoms with E-state index in [0.717, 1.165) is 58.8 Å². The van der Waals surface area contributed by atoms with Crippen molar-refractivity contribution < 1.29 is 9.90 Å². The molecule has 2 fully saturated rings. The summed E-state index contributed by atoms with van der Waals surface area (Å²) in [6.07, 6.45) is 3.85. The number of hydrogen-bond acceptors (Lipinski definition) is 7. The Hall–Kier alpha value is -1.74. The highest BCUT2D eigenvalue weighted by molar-refractivity contribution is 7.16. The van der Waals surface area contributed by atoms with Crippen LogP contribution in [0.2, 0.25) is 4.34 Å². The number of carbonyl (C=O) groups excluding carboxylic acids is 1. The van der Waals surface area contributed by atoms with Crippen molar-refractivity contribution in [2.45, 2.75) is 50.2 Å². The summed E-state index contributed by atoms with van der Waals surface area (Å²) in [5.74, 6) is 1.17. The molecule has 0 saturated carbocycles. The Kier molecular flexibility index (Phi) is 5.90. The molecule has 2 aromatic rings. The van der Waals surface area contributed by atoms with Crippen molar-refractivity contribution in [1.82, 2.24) is 20.2 Å². The fourth-order valence-electron chi connectivity index (χ4n) is 5.27. The second-order valence-corrected chi connectivity index (χ2v) is 10.5. The number of aromatic nitrogens is 2. The number of aliphatic hydroxyl groups is 1. The number of rotatable bonds is 4. The van der Waals surface area contributed by atoms with Gasteiger partial charge in [-0.25, -0.2) is 9.97 Å². The van der Waals surface area contributed by atoms with Gasteiger partial charge in [0.05, 0.1) is 22.1 Å². The molecule has 4 atom stereocenters. The van der Waals surface area contributed by atoms with Crippen molar-refractivity contribution in [1.29, 1.82) is 0 Å². The summed E-state index contributed by atoms with van der Waals surface area (Å²) in [4.78, 5) is 27.8. The lowest BCUT2D eigenvalue weighted by molar-refractivity contribution is -0.133. The molecule has 3 aliphatic rings. The van der Waals surface area contributed by atoms with E-state index in [2.05, 4.69) is 27.1 Å². The summed E-state index contributed by atoms with van der Waals surface area (Å²) in [5, 5.41) is 13.8. The summed E-state index contributed by atoms with van der Waals surface area (Å²) in [5.41, 5.74) is 1.83. The molecule has 166 valence electrons. The van der Waals surface area contributed by atoms with Crippen molar-refractivity contribution in [3.05, 3.63) is 38.9 Å². The summed E-state index contributed by atoms with van der Waals surface area (Å²) in [6, 6.07) is 4.07. The highest BCUT2D eigenvalue weighted by Crippen LogP contribution is 2.43. The quantitative estimate of drug-likeness (QED) is 0.728. The Labute approximate surface area is 191 Å². The van der Waals surface area contributed by atoms with Gasteiger partial charge in [-0.3, -0.25) is 4.79 Å². The third-order valence-electron chi connectivity index (χ3n) is 6.84. The molecular weight excluding hydrogens is 434 g/mol. The number of thiophene rings is 1. The van der Waals surface area contributed by atoms with Gasteiger partial charge in [0, 0.05) is 42.7 Å². The third kappa shape index (κ3) is 3.95. The second-order valence-electron chi connectivity index (χ2n) is 8.78. The molecule has 5 rings (SSSR count). The van der Waals surface area contributed by atoms with E-state index in [1.807, 2.05) is 17.0 Å². The molecule has 2 saturated heterocycles. The first-order valence-electron chi connectivity index (χ1n) is 11.1. The average Bonchev–Trinajstić information content (AvgIpc) is 3.51. The summed E-state index contributed by atoms with van der Waals surface area (Å²) < 4.78 is 0.726. The first-order valence-corrected chi connectivity index (χ1v) is 12.3. The monoisotopic (exact) mass is 461 g/mol. The van der Waals surface area contributed by atoms with Gasteiger partial charge < -0.3 is 20.2 Å². The van der Waals surface area contributed by atoms with Gasteiger partial charge in [0.15, 0.2) is 0 Å². The Morgan fingerprint density at radius 3 is 2.77 bits per heavy atom. The van der Waals surface area contributed by atoms with Crippen LogP contribution in [0.15, 0.2) is 18.5 Å². The van der Waals surface area contributed by atoms with E-state index in [1.165, 1.54) is 11.3 Å². The lowest BCUT2D eigenvalue weighted by Gasteiger charge is -2.38. The fourth-order valence-corrected chi connectivity index (χ4v) is 6.49. The number of amides is 1. The van der Waals surface area contributed by atoms with Crippen molar-refractivity contribution >= 4 is 34.7 Å². The third-order valence-corrected chi connectivity index (χ3v) is 8.15. The predicted octanol–water partition coefficient (Wildman–Crippen LogP) is 2.92. The largest absolute Gasteiger partial charge is 0.387 e. The topological polar surface area (TPSA) is 81.6 Å². The maximum Gasteiger partial charge on any atom is 0.232 e. The molecule has 7 nitrogen and oxygen atoms in total. The highest BCUT2D eigenvalue weighted by atomic mass is 35.5. The average molecular weight is 462 g/mol. The molecule has 2 aliphatic heterocycles. The predicted molar refractivity (Wildman–Crippen MR) is 122 cm³/mol. The SMILES string of the molecule is C[C@@H]1C[C@@H](O)c2ncnc(N3CCN(C(=O)[C@@H](c4ccc(Cl)s4)[C@@H]4CCCN4)CC3)c21. The summed E-state index contributed by atoms with van der Waals surface area (Å²) in [7, 11) is 0. The van der Waals surface area contributed by atoms with Crippen LogP contribution in [0.1, 0.15) is 60.3 Å². The molecule has 0 radical (unpaired) electrons. The number of hydrogen-bond donors (Lipinski definition) is 2. The van der Waals surface area contributed by atoms with Crippen LogP contribution in [0, 0.1) is 0 Å². The highest BCUT2D eigenvalue weighted by Gasteiger charge is 2.38. The number of anilines is 1. The maximum absolute atomic E-state index is 13.6. The Morgan fingerprint density at radius 1 is 1.29 bits per heavy atom.